The molecule has 0 unspecified atom stereocenters. The molecule has 0 aliphatic carbocycles. The minimum Gasteiger partial charge on any atom is -0.447 e. The second kappa shape index (κ2) is 11.3. The zero-order chi connectivity index (χ0) is 23.7. The standard InChI is InChI=1S/C22H26N6O4S/c1-22(2,3)28-21(30)32-11-10-31-13-15-4-5-17(24-12-15)26-20(29)27-18-14-33-19(25-18)16-6-8-23-9-7-16/h4-9,12,14H,10-11,13H2,1-3H3,(H,28,30)(H2,24,26,27,29). The molecule has 174 valence electrons. The van der Waals surface area contributed by atoms with Gasteiger partial charge in [-0.05, 0) is 44.5 Å². The third-order valence-corrected chi connectivity index (χ3v) is 4.84. The van der Waals surface area contributed by atoms with E-state index in [1.165, 1.54) is 11.3 Å². The lowest BCUT2D eigenvalue weighted by Gasteiger charge is -2.19. The highest BCUT2D eigenvalue weighted by atomic mass is 32.1. The molecule has 0 fully saturated rings. The van der Waals surface area contributed by atoms with Crippen molar-refractivity contribution in [2.75, 3.05) is 23.8 Å². The average molecular weight is 471 g/mol. The first-order valence-electron chi connectivity index (χ1n) is 10.2. The fourth-order valence-corrected chi connectivity index (χ4v) is 3.29. The van der Waals surface area contributed by atoms with Gasteiger partial charge in [-0.25, -0.2) is 19.6 Å². The first kappa shape index (κ1) is 24.1. The Bertz CT molecular complexity index is 1050. The zero-order valence-electron chi connectivity index (χ0n) is 18.6. The number of nitrogens with one attached hydrogen (secondary N) is 3. The van der Waals surface area contributed by atoms with Crippen molar-refractivity contribution >= 4 is 35.1 Å². The molecule has 0 aliphatic rings. The lowest BCUT2D eigenvalue weighted by molar-refractivity contribution is 0.0623. The highest BCUT2D eigenvalue weighted by molar-refractivity contribution is 7.13. The number of hydrogen-bond acceptors (Lipinski definition) is 8. The van der Waals surface area contributed by atoms with E-state index in [1.54, 1.807) is 36.1 Å². The van der Waals surface area contributed by atoms with Crippen molar-refractivity contribution in [1.82, 2.24) is 20.3 Å². The number of aromatic nitrogens is 3. The van der Waals surface area contributed by atoms with Gasteiger partial charge in [0.1, 0.15) is 23.3 Å². The number of carbonyl (C=O) groups excluding carboxylic acids is 2. The summed E-state index contributed by atoms with van der Waals surface area (Å²) in [5.74, 6) is 0.843. The Morgan fingerprint density at radius 2 is 1.79 bits per heavy atom. The Hall–Kier alpha value is -3.57. The number of rotatable bonds is 8. The molecule has 3 amide bonds. The van der Waals surface area contributed by atoms with E-state index in [9.17, 15) is 9.59 Å². The number of nitrogens with zero attached hydrogens (tertiary/aromatic N) is 3. The molecule has 3 rings (SSSR count). The molecular formula is C22H26N6O4S. The number of thiazole rings is 1. The van der Waals surface area contributed by atoms with Gasteiger partial charge in [0, 0.05) is 35.1 Å². The summed E-state index contributed by atoms with van der Waals surface area (Å²) in [6.45, 7) is 6.33. The van der Waals surface area contributed by atoms with E-state index >= 15 is 0 Å². The predicted octanol–water partition coefficient (Wildman–Crippen LogP) is 4.29. The van der Waals surface area contributed by atoms with E-state index in [4.69, 9.17) is 9.47 Å². The van der Waals surface area contributed by atoms with E-state index < -0.39 is 12.1 Å². The molecule has 0 saturated heterocycles. The Morgan fingerprint density at radius 1 is 1.03 bits per heavy atom. The summed E-state index contributed by atoms with van der Waals surface area (Å²) in [5.41, 5.74) is 1.41. The molecule has 0 bridgehead atoms. The highest BCUT2D eigenvalue weighted by Gasteiger charge is 2.14. The van der Waals surface area contributed by atoms with Gasteiger partial charge in [-0.1, -0.05) is 6.07 Å². The van der Waals surface area contributed by atoms with Crippen LogP contribution in [0, 0.1) is 0 Å². The second-order valence-corrected chi connectivity index (χ2v) is 8.83. The van der Waals surface area contributed by atoms with Crippen molar-refractivity contribution in [3.05, 3.63) is 53.8 Å². The number of alkyl carbamates (subject to hydrolysis) is 1. The van der Waals surface area contributed by atoms with Crippen LogP contribution in [0.2, 0.25) is 0 Å². The van der Waals surface area contributed by atoms with E-state index in [0.717, 1.165) is 16.1 Å². The Labute approximate surface area is 195 Å². The molecule has 0 aliphatic heterocycles. The van der Waals surface area contributed by atoms with Crippen molar-refractivity contribution in [2.45, 2.75) is 32.9 Å². The van der Waals surface area contributed by atoms with E-state index in [1.807, 2.05) is 32.9 Å². The Morgan fingerprint density at radius 3 is 2.48 bits per heavy atom. The van der Waals surface area contributed by atoms with E-state index in [-0.39, 0.29) is 18.8 Å². The minimum absolute atomic E-state index is 0.147. The van der Waals surface area contributed by atoms with Gasteiger partial charge in [0.15, 0.2) is 0 Å². The topological polar surface area (TPSA) is 127 Å². The third-order valence-electron chi connectivity index (χ3n) is 3.95. The summed E-state index contributed by atoms with van der Waals surface area (Å²) in [6.07, 6.45) is 4.51. The van der Waals surface area contributed by atoms with Crippen LogP contribution in [0.4, 0.5) is 21.2 Å². The quantitative estimate of drug-likeness (QED) is 0.419. The normalized spacial score (nSPS) is 11.0. The third kappa shape index (κ3) is 8.47. The predicted molar refractivity (Wildman–Crippen MR) is 126 cm³/mol. The molecule has 0 spiro atoms. The largest absolute Gasteiger partial charge is 0.447 e. The average Bonchev–Trinajstić information content (AvgIpc) is 3.22. The van der Waals surface area contributed by atoms with Crippen molar-refractivity contribution in [3.8, 4) is 10.6 Å². The van der Waals surface area contributed by atoms with Crippen LogP contribution in [0.15, 0.2) is 48.2 Å². The van der Waals surface area contributed by atoms with Gasteiger partial charge in [-0.3, -0.25) is 15.6 Å². The van der Waals surface area contributed by atoms with Crippen LogP contribution in [0.25, 0.3) is 10.6 Å². The first-order chi connectivity index (χ1) is 15.8. The summed E-state index contributed by atoms with van der Waals surface area (Å²) in [6, 6.07) is 6.74. The van der Waals surface area contributed by atoms with Crippen molar-refractivity contribution in [1.29, 1.82) is 0 Å². The molecule has 0 atom stereocenters. The summed E-state index contributed by atoms with van der Waals surface area (Å²) in [4.78, 5) is 36.4. The molecule has 10 nitrogen and oxygen atoms in total. The Kier molecular flexibility index (Phi) is 8.28. The van der Waals surface area contributed by atoms with Crippen LogP contribution in [0.3, 0.4) is 0 Å². The molecule has 3 N–H and O–H groups in total. The fourth-order valence-electron chi connectivity index (χ4n) is 2.53. The molecule has 0 radical (unpaired) electrons. The van der Waals surface area contributed by atoms with Gasteiger partial charge >= 0.3 is 12.1 Å². The van der Waals surface area contributed by atoms with Gasteiger partial charge in [-0.15, -0.1) is 11.3 Å². The molecular weight excluding hydrogens is 444 g/mol. The SMILES string of the molecule is CC(C)(C)NC(=O)OCCOCc1ccc(NC(=O)Nc2csc(-c3ccncc3)n2)nc1. The van der Waals surface area contributed by atoms with Gasteiger partial charge in [0.05, 0.1) is 13.2 Å². The second-order valence-electron chi connectivity index (χ2n) is 7.97. The molecule has 3 aromatic rings. The van der Waals surface area contributed by atoms with Gasteiger partial charge in [0.2, 0.25) is 0 Å². The number of anilines is 2. The van der Waals surface area contributed by atoms with Crippen molar-refractivity contribution < 1.29 is 19.1 Å². The van der Waals surface area contributed by atoms with Crippen LogP contribution < -0.4 is 16.0 Å². The molecule has 0 saturated carbocycles. The van der Waals surface area contributed by atoms with Crippen LogP contribution in [-0.4, -0.2) is 45.8 Å². The Balaban J connectivity index is 1.37. The summed E-state index contributed by atoms with van der Waals surface area (Å²) in [5, 5.41) is 10.6. The number of hydrogen-bond donors (Lipinski definition) is 3. The fraction of sp³-hybridized carbons (Fsp3) is 0.318. The van der Waals surface area contributed by atoms with E-state index in [2.05, 4.69) is 30.9 Å². The number of carbonyl (C=O) groups is 2. The maximum Gasteiger partial charge on any atom is 0.407 e. The summed E-state index contributed by atoms with van der Waals surface area (Å²) < 4.78 is 10.5. The zero-order valence-corrected chi connectivity index (χ0v) is 19.4. The van der Waals surface area contributed by atoms with Crippen LogP contribution in [-0.2, 0) is 16.1 Å². The lowest BCUT2D eigenvalue weighted by atomic mass is 10.1. The van der Waals surface area contributed by atoms with Gasteiger partial charge < -0.3 is 14.8 Å². The summed E-state index contributed by atoms with van der Waals surface area (Å²) >= 11 is 1.43. The number of pyridine rings is 2. The van der Waals surface area contributed by atoms with Crippen LogP contribution in [0.1, 0.15) is 26.3 Å². The smallest absolute Gasteiger partial charge is 0.407 e. The van der Waals surface area contributed by atoms with Crippen molar-refractivity contribution in [3.63, 3.8) is 0 Å². The molecule has 33 heavy (non-hydrogen) atoms. The highest BCUT2D eigenvalue weighted by Crippen LogP contribution is 2.25. The summed E-state index contributed by atoms with van der Waals surface area (Å²) in [7, 11) is 0. The maximum absolute atomic E-state index is 12.2. The van der Waals surface area contributed by atoms with Gasteiger partial charge in [0.25, 0.3) is 0 Å². The lowest BCUT2D eigenvalue weighted by Crippen LogP contribution is -2.41. The molecule has 3 aromatic heterocycles. The number of ether oxygens (including phenoxy) is 2. The minimum atomic E-state index is -0.479. The van der Waals surface area contributed by atoms with Crippen LogP contribution >= 0.6 is 11.3 Å². The monoisotopic (exact) mass is 470 g/mol. The van der Waals surface area contributed by atoms with Gasteiger partial charge in [-0.2, -0.15) is 0 Å². The first-order valence-corrected chi connectivity index (χ1v) is 11.1. The van der Waals surface area contributed by atoms with Crippen molar-refractivity contribution in [2.24, 2.45) is 0 Å². The molecule has 11 heteroatoms. The van der Waals surface area contributed by atoms with Crippen LogP contribution in [0.5, 0.6) is 0 Å². The number of amides is 3. The molecule has 0 aromatic carbocycles. The van der Waals surface area contributed by atoms with E-state index in [0.29, 0.717) is 18.2 Å². The number of urea groups is 1. The maximum atomic E-state index is 12.2. The molecule has 3 heterocycles.